The van der Waals surface area contributed by atoms with E-state index in [9.17, 15) is 4.79 Å². The van der Waals surface area contributed by atoms with E-state index in [1.54, 1.807) is 0 Å². The maximum Gasteiger partial charge on any atom is 0.528 e. The van der Waals surface area contributed by atoms with Gasteiger partial charge in [0.25, 0.3) is 0 Å². The van der Waals surface area contributed by atoms with Gasteiger partial charge < -0.3 is 19.0 Å². The molecule has 2 rings (SSSR count). The summed E-state index contributed by atoms with van der Waals surface area (Å²) >= 11 is 0. The zero-order chi connectivity index (χ0) is 9.97. The first-order chi connectivity index (χ1) is 6.81. The smallest absolute Gasteiger partial charge is 0.427 e. The third-order valence-electron chi connectivity index (χ3n) is 2.42. The maximum atomic E-state index is 11.0. The zero-order valence-corrected chi connectivity index (χ0v) is 7.89. The molecule has 80 valence electrons. The lowest BCUT2D eigenvalue weighted by atomic mass is 10.0. The Bertz CT molecular complexity index is 222. The Hall–Kier alpha value is -0.850. The summed E-state index contributed by atoms with van der Waals surface area (Å²) in [4.78, 5) is 15.4. The summed E-state index contributed by atoms with van der Waals surface area (Å²) < 4.78 is 15.6. The van der Waals surface area contributed by atoms with Gasteiger partial charge >= 0.3 is 6.16 Å². The third-order valence-corrected chi connectivity index (χ3v) is 2.42. The third kappa shape index (κ3) is 1.82. The minimum absolute atomic E-state index is 0.152. The quantitative estimate of drug-likeness (QED) is 0.504. The molecular weight excluding hydrogens is 190 g/mol. The topological polar surface area (TPSA) is 66.0 Å². The first kappa shape index (κ1) is 9.70. The summed E-state index contributed by atoms with van der Waals surface area (Å²) in [5.41, 5.74) is 2.25. The first-order valence-corrected chi connectivity index (χ1v) is 4.58. The second-order valence-corrected chi connectivity index (χ2v) is 3.24. The Morgan fingerprint density at radius 2 is 2.36 bits per heavy atom. The fraction of sp³-hybridized carbons (Fsp3) is 0.875. The van der Waals surface area contributed by atoms with Crippen molar-refractivity contribution >= 4 is 6.16 Å². The van der Waals surface area contributed by atoms with Gasteiger partial charge in [-0.1, -0.05) is 0 Å². The van der Waals surface area contributed by atoms with E-state index < -0.39 is 6.16 Å². The molecule has 3 atom stereocenters. The molecule has 2 saturated heterocycles. The molecule has 0 radical (unpaired) electrons. The Kier molecular flexibility index (Phi) is 2.85. The fourth-order valence-electron chi connectivity index (χ4n) is 1.78. The van der Waals surface area contributed by atoms with E-state index >= 15 is 0 Å². The van der Waals surface area contributed by atoms with Crippen molar-refractivity contribution in [3.8, 4) is 0 Å². The number of carbonyl (C=O) groups excluding carboxylic acids is 1. The zero-order valence-electron chi connectivity index (χ0n) is 7.89. The normalized spacial score (nSPS) is 35.4. The molecule has 0 amide bonds. The van der Waals surface area contributed by atoms with E-state index in [1.165, 1.54) is 7.05 Å². The van der Waals surface area contributed by atoms with Crippen LogP contribution >= 0.6 is 0 Å². The predicted octanol–water partition coefficient (Wildman–Crippen LogP) is 0.0354. The Balaban J connectivity index is 1.83. The molecule has 2 fully saturated rings. The monoisotopic (exact) mass is 203 g/mol. The highest BCUT2D eigenvalue weighted by Gasteiger charge is 2.44. The maximum absolute atomic E-state index is 11.0. The summed E-state index contributed by atoms with van der Waals surface area (Å²) in [6, 6.07) is 0. The van der Waals surface area contributed by atoms with Crippen LogP contribution in [0, 0.1) is 5.92 Å². The molecule has 6 nitrogen and oxygen atoms in total. The highest BCUT2D eigenvalue weighted by molar-refractivity contribution is 5.59. The van der Waals surface area contributed by atoms with Gasteiger partial charge in [-0.15, -0.1) is 0 Å². The first-order valence-electron chi connectivity index (χ1n) is 4.58. The minimum atomic E-state index is -0.728. The van der Waals surface area contributed by atoms with Gasteiger partial charge in [-0.05, 0) is 6.42 Å². The predicted molar refractivity (Wildman–Crippen MR) is 44.2 cm³/mol. The summed E-state index contributed by atoms with van der Waals surface area (Å²) in [6.07, 6.45) is -0.318. The fourth-order valence-corrected chi connectivity index (χ4v) is 1.78. The SMILES string of the molecule is CNOC(=O)O[C@H]1CO[C@H]2OCC[C@H]21. The number of fused-ring (bicyclic) bond motifs is 1. The molecule has 0 spiro atoms. The summed E-state index contributed by atoms with van der Waals surface area (Å²) in [6.45, 7) is 1.05. The average molecular weight is 203 g/mol. The largest absolute Gasteiger partial charge is 0.528 e. The molecule has 0 bridgehead atoms. The molecule has 6 heteroatoms. The number of nitrogens with one attached hydrogen (secondary N) is 1. The lowest BCUT2D eigenvalue weighted by molar-refractivity contribution is -0.0908. The molecule has 2 heterocycles. The van der Waals surface area contributed by atoms with Crippen LogP contribution in [-0.2, 0) is 19.0 Å². The van der Waals surface area contributed by atoms with Crippen molar-refractivity contribution in [1.29, 1.82) is 0 Å². The van der Waals surface area contributed by atoms with Crippen molar-refractivity contribution in [2.45, 2.75) is 18.8 Å². The standard InChI is InChI=1S/C8H13NO5/c1-9-14-8(10)13-6-4-12-7-5(6)2-3-11-7/h5-7,9H,2-4H2,1H3/t5-,6-,7+/m0/s1. The van der Waals surface area contributed by atoms with Crippen LogP contribution in [0.5, 0.6) is 0 Å². The Morgan fingerprint density at radius 1 is 1.50 bits per heavy atom. The van der Waals surface area contributed by atoms with Gasteiger partial charge in [-0.2, -0.15) is 5.48 Å². The van der Waals surface area contributed by atoms with E-state index in [0.29, 0.717) is 13.2 Å². The molecule has 0 aromatic rings. The molecule has 0 aromatic heterocycles. The van der Waals surface area contributed by atoms with Crippen LogP contribution < -0.4 is 5.48 Å². The van der Waals surface area contributed by atoms with Crippen molar-refractivity contribution < 1.29 is 23.8 Å². The number of ether oxygens (including phenoxy) is 3. The second kappa shape index (κ2) is 4.12. The number of rotatable bonds is 2. The highest BCUT2D eigenvalue weighted by atomic mass is 16.8. The van der Waals surface area contributed by atoms with Gasteiger partial charge in [0.1, 0.15) is 6.10 Å². The van der Waals surface area contributed by atoms with Crippen LogP contribution in [0.2, 0.25) is 0 Å². The molecule has 1 N–H and O–H groups in total. The van der Waals surface area contributed by atoms with Gasteiger partial charge in [0.05, 0.1) is 19.1 Å². The average Bonchev–Trinajstić information content (AvgIpc) is 2.70. The van der Waals surface area contributed by atoms with Crippen molar-refractivity contribution in [2.24, 2.45) is 5.92 Å². The number of hydrogen-bond donors (Lipinski definition) is 1. The van der Waals surface area contributed by atoms with Crippen LogP contribution in [0.1, 0.15) is 6.42 Å². The van der Waals surface area contributed by atoms with Crippen molar-refractivity contribution in [2.75, 3.05) is 20.3 Å². The van der Waals surface area contributed by atoms with Gasteiger partial charge in [0.2, 0.25) is 0 Å². The minimum Gasteiger partial charge on any atom is -0.427 e. The Labute approximate surface area is 81.4 Å². The van der Waals surface area contributed by atoms with Gasteiger partial charge in [-0.25, -0.2) is 4.79 Å². The number of hydrogen-bond acceptors (Lipinski definition) is 6. The molecule has 14 heavy (non-hydrogen) atoms. The van der Waals surface area contributed by atoms with E-state index in [-0.39, 0.29) is 18.3 Å². The molecule has 0 aliphatic carbocycles. The summed E-state index contributed by atoms with van der Waals surface area (Å²) in [7, 11) is 1.49. The molecule has 2 aliphatic heterocycles. The van der Waals surface area contributed by atoms with E-state index in [0.717, 1.165) is 6.42 Å². The summed E-state index contributed by atoms with van der Waals surface area (Å²) in [5, 5.41) is 0. The molecule has 2 aliphatic rings. The molecule has 0 unspecified atom stereocenters. The van der Waals surface area contributed by atoms with Gasteiger partial charge in [-0.3, -0.25) is 0 Å². The van der Waals surface area contributed by atoms with Gasteiger partial charge in [0, 0.05) is 7.05 Å². The summed E-state index contributed by atoms with van der Waals surface area (Å²) in [5.74, 6) is 0.152. The van der Waals surface area contributed by atoms with Crippen LogP contribution in [0.15, 0.2) is 0 Å². The number of carbonyl (C=O) groups is 1. The van der Waals surface area contributed by atoms with Crippen molar-refractivity contribution in [1.82, 2.24) is 5.48 Å². The molecule has 0 aromatic carbocycles. The lowest BCUT2D eigenvalue weighted by Gasteiger charge is -2.14. The highest BCUT2D eigenvalue weighted by Crippen LogP contribution is 2.32. The number of hydroxylamine groups is 1. The van der Waals surface area contributed by atoms with Gasteiger partial charge in [0.15, 0.2) is 6.29 Å². The van der Waals surface area contributed by atoms with E-state index in [1.807, 2.05) is 0 Å². The van der Waals surface area contributed by atoms with Crippen LogP contribution in [-0.4, -0.2) is 38.8 Å². The second-order valence-electron chi connectivity index (χ2n) is 3.24. The molecular formula is C8H13NO5. The Morgan fingerprint density at radius 3 is 3.14 bits per heavy atom. The van der Waals surface area contributed by atoms with Crippen molar-refractivity contribution in [3.63, 3.8) is 0 Å². The van der Waals surface area contributed by atoms with Crippen LogP contribution in [0.4, 0.5) is 4.79 Å². The van der Waals surface area contributed by atoms with E-state index in [2.05, 4.69) is 10.3 Å². The van der Waals surface area contributed by atoms with E-state index in [4.69, 9.17) is 14.2 Å². The van der Waals surface area contributed by atoms with Crippen molar-refractivity contribution in [3.05, 3.63) is 0 Å². The lowest BCUT2D eigenvalue weighted by Crippen LogP contribution is -2.28. The molecule has 0 saturated carbocycles. The van der Waals surface area contributed by atoms with Crippen LogP contribution in [0.3, 0.4) is 0 Å². The van der Waals surface area contributed by atoms with Crippen LogP contribution in [0.25, 0.3) is 0 Å².